The summed E-state index contributed by atoms with van der Waals surface area (Å²) >= 11 is 0. The van der Waals surface area contributed by atoms with Crippen molar-refractivity contribution in [1.29, 1.82) is 0 Å². The summed E-state index contributed by atoms with van der Waals surface area (Å²) in [6.45, 7) is 9.53. The van der Waals surface area contributed by atoms with Gasteiger partial charge in [-0.2, -0.15) is 0 Å². The van der Waals surface area contributed by atoms with Crippen molar-refractivity contribution in [2.24, 2.45) is 0 Å². The fourth-order valence-corrected chi connectivity index (χ4v) is 4.43. The molecule has 8 nitrogen and oxygen atoms in total. The van der Waals surface area contributed by atoms with Crippen LogP contribution in [0.2, 0.25) is 0 Å². The molecule has 0 radical (unpaired) electrons. The first-order valence-electron chi connectivity index (χ1n) is 13.9. The van der Waals surface area contributed by atoms with E-state index in [1.807, 2.05) is 20.8 Å². The van der Waals surface area contributed by atoms with E-state index in [9.17, 15) is 28.3 Å². The molecule has 2 aromatic rings. The molecule has 0 fully saturated rings. The van der Waals surface area contributed by atoms with Crippen LogP contribution in [0.4, 0.5) is 13.6 Å². The lowest BCUT2D eigenvalue weighted by Crippen LogP contribution is -2.46. The second-order valence-corrected chi connectivity index (χ2v) is 9.98. The molecule has 2 atom stereocenters. The number of nitrogens with zero attached hydrogens (tertiary/aromatic N) is 1. The SMILES string of the molecule is CCCNC(=O)NCC[C@@H](O)[C@H](Cc1cc(F)cc(F)c1)NC(=O)c1cc(C)cc(C(=O)N(CCC)CCC)c1. The number of rotatable bonds is 15. The van der Waals surface area contributed by atoms with Crippen molar-refractivity contribution in [3.63, 3.8) is 0 Å². The maximum atomic E-state index is 13.9. The highest BCUT2D eigenvalue weighted by molar-refractivity contribution is 6.00. The van der Waals surface area contributed by atoms with Crippen LogP contribution in [0, 0.1) is 18.6 Å². The molecule has 0 saturated carbocycles. The third-order valence-electron chi connectivity index (χ3n) is 6.28. The van der Waals surface area contributed by atoms with E-state index in [4.69, 9.17) is 0 Å². The molecule has 2 aromatic carbocycles. The number of benzene rings is 2. The molecule has 0 saturated heterocycles. The summed E-state index contributed by atoms with van der Waals surface area (Å²) in [5.41, 5.74) is 1.59. The van der Waals surface area contributed by atoms with Crippen LogP contribution in [0.3, 0.4) is 0 Å². The molecule has 0 unspecified atom stereocenters. The van der Waals surface area contributed by atoms with Crippen molar-refractivity contribution < 1.29 is 28.3 Å². The molecular weight excluding hydrogens is 518 g/mol. The summed E-state index contributed by atoms with van der Waals surface area (Å²) in [5, 5.41) is 19.0. The molecular formula is C30H42F2N4O4. The molecule has 0 spiro atoms. The van der Waals surface area contributed by atoms with Crippen molar-refractivity contribution in [3.8, 4) is 0 Å². The van der Waals surface area contributed by atoms with Gasteiger partial charge in [0, 0.05) is 43.4 Å². The van der Waals surface area contributed by atoms with E-state index in [1.165, 1.54) is 6.07 Å². The minimum absolute atomic E-state index is 0.0536. The monoisotopic (exact) mass is 560 g/mol. The predicted octanol–water partition coefficient (Wildman–Crippen LogP) is 4.34. The van der Waals surface area contributed by atoms with Gasteiger partial charge in [0.1, 0.15) is 11.6 Å². The molecule has 10 heteroatoms. The molecule has 220 valence electrons. The van der Waals surface area contributed by atoms with Crippen molar-refractivity contribution in [1.82, 2.24) is 20.9 Å². The van der Waals surface area contributed by atoms with E-state index in [0.717, 1.165) is 43.0 Å². The number of aliphatic hydroxyl groups excluding tert-OH is 1. The van der Waals surface area contributed by atoms with Gasteiger partial charge in [-0.05, 0) is 80.5 Å². The molecule has 0 heterocycles. The fraction of sp³-hybridized carbons (Fsp3) is 0.500. The Morgan fingerprint density at radius 2 is 1.45 bits per heavy atom. The van der Waals surface area contributed by atoms with Crippen LogP contribution in [-0.2, 0) is 6.42 Å². The van der Waals surface area contributed by atoms with Gasteiger partial charge in [0.2, 0.25) is 0 Å². The highest BCUT2D eigenvalue weighted by Gasteiger charge is 2.24. The number of carbonyl (C=O) groups is 3. The predicted molar refractivity (Wildman–Crippen MR) is 151 cm³/mol. The second kappa shape index (κ2) is 16.5. The zero-order valence-electron chi connectivity index (χ0n) is 23.9. The van der Waals surface area contributed by atoms with Crippen molar-refractivity contribution >= 4 is 17.8 Å². The third-order valence-corrected chi connectivity index (χ3v) is 6.28. The number of carbonyl (C=O) groups excluding carboxylic acids is 3. The smallest absolute Gasteiger partial charge is 0.314 e. The quantitative estimate of drug-likeness (QED) is 0.260. The summed E-state index contributed by atoms with van der Waals surface area (Å²) in [6, 6.07) is 6.63. The molecule has 0 aliphatic rings. The Labute approximate surface area is 235 Å². The number of nitrogens with one attached hydrogen (secondary N) is 3. The molecule has 0 aromatic heterocycles. The van der Waals surface area contributed by atoms with Gasteiger partial charge in [0.25, 0.3) is 11.8 Å². The summed E-state index contributed by atoms with van der Waals surface area (Å²) in [5.74, 6) is -2.24. The Bertz CT molecular complexity index is 1120. The minimum atomic E-state index is -1.14. The molecule has 0 aliphatic carbocycles. The zero-order valence-corrected chi connectivity index (χ0v) is 23.9. The average molecular weight is 561 g/mol. The standard InChI is InChI=1S/C30H42F2N4O4/c1-5-9-33-30(40)34-10-8-27(37)26(17-21-15-24(31)19-25(32)16-21)35-28(38)22-13-20(4)14-23(18-22)29(39)36(11-6-2)12-7-3/h13-16,18-19,26-27,37H,5-12,17H2,1-4H3,(H,35,38)(H2,33,34,40)/t26-,27+/m0/s1. The van der Waals surface area contributed by atoms with Gasteiger partial charge in [-0.15, -0.1) is 0 Å². The first-order valence-corrected chi connectivity index (χ1v) is 13.9. The fourth-order valence-electron chi connectivity index (χ4n) is 4.43. The van der Waals surface area contributed by atoms with E-state index in [2.05, 4.69) is 16.0 Å². The van der Waals surface area contributed by atoms with Gasteiger partial charge in [-0.3, -0.25) is 9.59 Å². The third kappa shape index (κ3) is 10.6. The number of aliphatic hydroxyl groups is 1. The van der Waals surface area contributed by atoms with Crippen molar-refractivity contribution in [2.75, 3.05) is 26.2 Å². The highest BCUT2D eigenvalue weighted by Crippen LogP contribution is 2.16. The molecule has 0 bridgehead atoms. The first-order chi connectivity index (χ1) is 19.1. The number of amides is 4. The maximum absolute atomic E-state index is 13.9. The largest absolute Gasteiger partial charge is 0.391 e. The normalized spacial score (nSPS) is 12.4. The Hall–Kier alpha value is -3.53. The molecule has 4 amide bonds. The van der Waals surface area contributed by atoms with Crippen LogP contribution in [0.1, 0.15) is 78.3 Å². The Balaban J connectivity index is 2.25. The van der Waals surface area contributed by atoms with E-state index >= 15 is 0 Å². The maximum Gasteiger partial charge on any atom is 0.314 e. The summed E-state index contributed by atoms with van der Waals surface area (Å²) in [4.78, 5) is 40.1. The van der Waals surface area contributed by atoms with Gasteiger partial charge < -0.3 is 26.0 Å². The lowest BCUT2D eigenvalue weighted by Gasteiger charge is -2.25. The first kappa shape index (κ1) is 32.7. The lowest BCUT2D eigenvalue weighted by atomic mass is 9.97. The van der Waals surface area contributed by atoms with Crippen LogP contribution in [-0.4, -0.2) is 66.2 Å². The summed E-state index contributed by atoms with van der Waals surface area (Å²) < 4.78 is 27.7. The van der Waals surface area contributed by atoms with Gasteiger partial charge in [-0.25, -0.2) is 13.6 Å². The van der Waals surface area contributed by atoms with Crippen LogP contribution in [0.15, 0.2) is 36.4 Å². The summed E-state index contributed by atoms with van der Waals surface area (Å²) in [6.07, 6.45) is 1.28. The summed E-state index contributed by atoms with van der Waals surface area (Å²) in [7, 11) is 0. The Kier molecular flexibility index (Phi) is 13.5. The van der Waals surface area contributed by atoms with Crippen molar-refractivity contribution in [3.05, 3.63) is 70.3 Å². The van der Waals surface area contributed by atoms with E-state index in [0.29, 0.717) is 25.2 Å². The van der Waals surface area contributed by atoms with Gasteiger partial charge in [0.15, 0.2) is 0 Å². The lowest BCUT2D eigenvalue weighted by molar-refractivity contribution is 0.0755. The van der Waals surface area contributed by atoms with Gasteiger partial charge in [-0.1, -0.05) is 20.8 Å². The average Bonchev–Trinajstić information content (AvgIpc) is 2.90. The number of aryl methyl sites for hydroxylation is 1. The zero-order chi connectivity index (χ0) is 29.7. The number of urea groups is 1. The molecule has 4 N–H and O–H groups in total. The van der Waals surface area contributed by atoms with Crippen molar-refractivity contribution in [2.45, 2.75) is 71.9 Å². The highest BCUT2D eigenvalue weighted by atomic mass is 19.1. The molecule has 40 heavy (non-hydrogen) atoms. The number of hydrogen-bond acceptors (Lipinski definition) is 4. The number of halogens is 2. The number of hydrogen-bond donors (Lipinski definition) is 4. The van der Waals surface area contributed by atoms with Crippen LogP contribution in [0.25, 0.3) is 0 Å². The van der Waals surface area contributed by atoms with E-state index in [-0.39, 0.29) is 42.5 Å². The Morgan fingerprint density at radius 3 is 2.05 bits per heavy atom. The second-order valence-electron chi connectivity index (χ2n) is 9.98. The Morgan fingerprint density at radius 1 is 0.850 bits per heavy atom. The topological polar surface area (TPSA) is 111 Å². The van der Waals surface area contributed by atoms with Gasteiger partial charge in [0.05, 0.1) is 12.1 Å². The van der Waals surface area contributed by atoms with E-state index in [1.54, 1.807) is 24.0 Å². The molecule has 0 aliphatic heterocycles. The van der Waals surface area contributed by atoms with Crippen LogP contribution < -0.4 is 16.0 Å². The van der Waals surface area contributed by atoms with Gasteiger partial charge >= 0.3 is 6.03 Å². The van der Waals surface area contributed by atoms with E-state index < -0.39 is 29.7 Å². The van der Waals surface area contributed by atoms with Crippen LogP contribution in [0.5, 0.6) is 0 Å². The minimum Gasteiger partial charge on any atom is -0.391 e. The molecule has 2 rings (SSSR count). The van der Waals surface area contributed by atoms with Crippen LogP contribution >= 0.6 is 0 Å².